The Balaban J connectivity index is 1.63. The predicted molar refractivity (Wildman–Crippen MR) is 116 cm³/mol. The lowest BCUT2D eigenvalue weighted by molar-refractivity contribution is -0.137. The number of hydrogen-bond acceptors (Lipinski definition) is 5. The van der Waals surface area contributed by atoms with Crippen molar-refractivity contribution in [3.8, 4) is 5.88 Å². The number of amides is 2. The normalized spacial score (nSPS) is 11.1. The minimum absolute atomic E-state index is 0.125. The van der Waals surface area contributed by atoms with E-state index >= 15 is 0 Å². The second kappa shape index (κ2) is 10.1. The number of hydrogen-bond donors (Lipinski definition) is 1. The summed E-state index contributed by atoms with van der Waals surface area (Å²) in [5, 5.41) is 10.2. The first kappa shape index (κ1) is 23.7. The molecule has 0 spiro atoms. The summed E-state index contributed by atoms with van der Waals surface area (Å²) >= 11 is 0. The lowest BCUT2D eigenvalue weighted by atomic mass is 10.0. The van der Waals surface area contributed by atoms with Gasteiger partial charge in [-0.05, 0) is 48.4 Å². The highest BCUT2D eigenvalue weighted by atomic mass is 19.4. The largest absolute Gasteiger partial charge is 0.480 e. The standard InChI is InChI=1S/C23H21F3N4O3/c1-30(18-8-4-7-17(14-18)23(24,25)26)22(32)16-6-3-5-15(13-16)9-11-20(31)27-19-10-12-21(33-2)29-28-19/h3-8,10,12-14H,9,11H2,1-2H3,(H,27,28,31). The van der Waals surface area contributed by atoms with Gasteiger partial charge in [0.05, 0.1) is 12.7 Å². The minimum Gasteiger partial charge on any atom is -0.480 e. The molecular weight excluding hydrogens is 437 g/mol. The number of carbonyl (C=O) groups is 2. The van der Waals surface area contributed by atoms with Crippen LogP contribution in [0.2, 0.25) is 0 Å². The molecule has 0 aliphatic rings. The first-order chi connectivity index (χ1) is 15.7. The maximum Gasteiger partial charge on any atom is 0.416 e. The highest BCUT2D eigenvalue weighted by Crippen LogP contribution is 2.31. The maximum atomic E-state index is 13.0. The summed E-state index contributed by atoms with van der Waals surface area (Å²) in [4.78, 5) is 26.2. The quantitative estimate of drug-likeness (QED) is 0.569. The molecule has 0 saturated carbocycles. The summed E-state index contributed by atoms with van der Waals surface area (Å²) in [7, 11) is 2.87. The molecule has 10 heteroatoms. The average Bonchev–Trinajstić information content (AvgIpc) is 2.82. The van der Waals surface area contributed by atoms with E-state index in [0.29, 0.717) is 17.9 Å². The lowest BCUT2D eigenvalue weighted by Crippen LogP contribution is -2.26. The van der Waals surface area contributed by atoms with Crippen molar-refractivity contribution < 1.29 is 27.5 Å². The Kier molecular flexibility index (Phi) is 7.27. The molecule has 0 saturated heterocycles. The highest BCUT2D eigenvalue weighted by Gasteiger charge is 2.31. The third-order valence-electron chi connectivity index (χ3n) is 4.80. The molecule has 0 aliphatic carbocycles. The molecule has 2 amide bonds. The minimum atomic E-state index is -4.50. The Morgan fingerprint density at radius 3 is 2.45 bits per heavy atom. The van der Waals surface area contributed by atoms with E-state index in [9.17, 15) is 22.8 Å². The number of halogens is 3. The number of nitrogens with zero attached hydrogens (tertiary/aromatic N) is 3. The summed E-state index contributed by atoms with van der Waals surface area (Å²) in [6.45, 7) is 0. The zero-order valence-corrected chi connectivity index (χ0v) is 17.9. The smallest absolute Gasteiger partial charge is 0.416 e. The molecule has 1 N–H and O–H groups in total. The molecule has 0 fully saturated rings. The molecule has 0 atom stereocenters. The molecular formula is C23H21F3N4O3. The second-order valence-corrected chi connectivity index (χ2v) is 7.12. The van der Waals surface area contributed by atoms with Crippen LogP contribution in [0.15, 0.2) is 60.7 Å². The van der Waals surface area contributed by atoms with E-state index in [0.717, 1.165) is 22.6 Å². The second-order valence-electron chi connectivity index (χ2n) is 7.12. The van der Waals surface area contributed by atoms with Gasteiger partial charge in [-0.15, -0.1) is 10.2 Å². The fourth-order valence-corrected chi connectivity index (χ4v) is 3.02. The Labute approximate surface area is 188 Å². The number of benzene rings is 2. The van der Waals surface area contributed by atoms with E-state index in [1.165, 1.54) is 26.3 Å². The fourth-order valence-electron chi connectivity index (χ4n) is 3.02. The number of carbonyl (C=O) groups excluding carboxylic acids is 2. The van der Waals surface area contributed by atoms with Crippen LogP contribution in [0.5, 0.6) is 5.88 Å². The Bertz CT molecular complexity index is 1130. The summed E-state index contributed by atoms with van der Waals surface area (Å²) < 4.78 is 43.9. The highest BCUT2D eigenvalue weighted by molar-refractivity contribution is 6.05. The Hall–Kier alpha value is -3.95. The fraction of sp³-hybridized carbons (Fsp3) is 0.217. The third kappa shape index (κ3) is 6.28. The van der Waals surface area contributed by atoms with Crippen molar-refractivity contribution in [2.45, 2.75) is 19.0 Å². The van der Waals surface area contributed by atoms with Crippen molar-refractivity contribution in [2.75, 3.05) is 24.4 Å². The molecule has 1 heterocycles. The van der Waals surface area contributed by atoms with Gasteiger partial charge in [0.25, 0.3) is 5.91 Å². The van der Waals surface area contributed by atoms with Crippen LogP contribution in [0.25, 0.3) is 0 Å². The van der Waals surface area contributed by atoms with Gasteiger partial charge in [-0.25, -0.2) is 0 Å². The van der Waals surface area contributed by atoms with Crippen LogP contribution < -0.4 is 15.0 Å². The number of anilines is 2. The third-order valence-corrected chi connectivity index (χ3v) is 4.80. The van der Waals surface area contributed by atoms with Crippen LogP contribution in [0.1, 0.15) is 27.9 Å². The molecule has 0 radical (unpaired) electrons. The molecule has 2 aromatic carbocycles. The molecule has 3 aromatic rings. The van der Waals surface area contributed by atoms with Crippen molar-refractivity contribution in [3.05, 3.63) is 77.4 Å². The van der Waals surface area contributed by atoms with Gasteiger partial charge in [0, 0.05) is 30.8 Å². The van der Waals surface area contributed by atoms with Crippen molar-refractivity contribution in [1.82, 2.24) is 10.2 Å². The van der Waals surface area contributed by atoms with Crippen molar-refractivity contribution in [3.63, 3.8) is 0 Å². The van der Waals surface area contributed by atoms with E-state index in [-0.39, 0.29) is 23.8 Å². The van der Waals surface area contributed by atoms with Crippen LogP contribution in [0, 0.1) is 0 Å². The van der Waals surface area contributed by atoms with E-state index in [1.807, 2.05) is 0 Å². The Morgan fingerprint density at radius 1 is 1.03 bits per heavy atom. The number of aryl methyl sites for hydroxylation is 1. The maximum absolute atomic E-state index is 13.0. The molecule has 7 nitrogen and oxygen atoms in total. The zero-order chi connectivity index (χ0) is 24.0. The van der Waals surface area contributed by atoms with Crippen molar-refractivity contribution in [1.29, 1.82) is 0 Å². The van der Waals surface area contributed by atoms with E-state index in [1.54, 1.807) is 36.4 Å². The number of alkyl halides is 3. The summed E-state index contributed by atoms with van der Waals surface area (Å²) in [5.41, 5.74) is 0.323. The van der Waals surface area contributed by atoms with E-state index in [4.69, 9.17) is 4.74 Å². The van der Waals surface area contributed by atoms with E-state index in [2.05, 4.69) is 15.5 Å². The van der Waals surface area contributed by atoms with Crippen molar-refractivity contribution in [2.24, 2.45) is 0 Å². The van der Waals surface area contributed by atoms with Crippen LogP contribution in [-0.2, 0) is 17.4 Å². The molecule has 0 aliphatic heterocycles. The van der Waals surface area contributed by atoms with Gasteiger partial charge in [0.2, 0.25) is 11.8 Å². The SMILES string of the molecule is COc1ccc(NC(=O)CCc2cccc(C(=O)N(C)c3cccc(C(F)(F)F)c3)c2)nn1. The van der Waals surface area contributed by atoms with Crippen molar-refractivity contribution >= 4 is 23.3 Å². The number of ether oxygens (including phenoxy) is 1. The van der Waals surface area contributed by atoms with Gasteiger partial charge in [0.1, 0.15) is 0 Å². The number of nitrogens with one attached hydrogen (secondary N) is 1. The van der Waals surface area contributed by atoms with Crippen LogP contribution >= 0.6 is 0 Å². The predicted octanol–water partition coefficient (Wildman–Crippen LogP) is 4.35. The van der Waals surface area contributed by atoms with Gasteiger partial charge in [-0.1, -0.05) is 18.2 Å². The van der Waals surface area contributed by atoms with Gasteiger partial charge in [-0.2, -0.15) is 13.2 Å². The first-order valence-electron chi connectivity index (χ1n) is 9.89. The number of aromatic nitrogens is 2. The molecule has 33 heavy (non-hydrogen) atoms. The molecule has 0 unspecified atom stereocenters. The molecule has 1 aromatic heterocycles. The van der Waals surface area contributed by atoms with Gasteiger partial charge in [0.15, 0.2) is 5.82 Å². The number of methoxy groups -OCH3 is 1. The van der Waals surface area contributed by atoms with Gasteiger partial charge < -0.3 is 15.0 Å². The number of rotatable bonds is 7. The monoisotopic (exact) mass is 458 g/mol. The topological polar surface area (TPSA) is 84.4 Å². The van der Waals surface area contributed by atoms with Gasteiger partial charge in [-0.3, -0.25) is 9.59 Å². The van der Waals surface area contributed by atoms with Crippen LogP contribution in [-0.4, -0.2) is 36.2 Å². The average molecular weight is 458 g/mol. The molecule has 172 valence electrons. The first-order valence-corrected chi connectivity index (χ1v) is 9.89. The molecule has 0 bridgehead atoms. The zero-order valence-electron chi connectivity index (χ0n) is 17.9. The summed E-state index contributed by atoms with van der Waals surface area (Å²) in [5.74, 6) is -0.140. The lowest BCUT2D eigenvalue weighted by Gasteiger charge is -2.19. The summed E-state index contributed by atoms with van der Waals surface area (Å²) in [6.07, 6.45) is -4.02. The molecule has 3 rings (SSSR count). The van der Waals surface area contributed by atoms with Gasteiger partial charge >= 0.3 is 6.18 Å². The van der Waals surface area contributed by atoms with Crippen LogP contribution in [0.3, 0.4) is 0 Å². The Morgan fingerprint density at radius 2 is 1.79 bits per heavy atom. The van der Waals surface area contributed by atoms with Crippen LogP contribution in [0.4, 0.5) is 24.7 Å². The van der Waals surface area contributed by atoms with E-state index < -0.39 is 17.6 Å². The summed E-state index contributed by atoms with van der Waals surface area (Å²) in [6, 6.07) is 14.3.